The highest BCUT2D eigenvalue weighted by molar-refractivity contribution is 6.07. The van der Waals surface area contributed by atoms with Gasteiger partial charge in [0.15, 0.2) is 11.2 Å². The normalized spacial score (nSPS) is 23.8. The fourth-order valence-electron chi connectivity index (χ4n) is 4.98. The van der Waals surface area contributed by atoms with Gasteiger partial charge >= 0.3 is 11.7 Å². The minimum Gasteiger partial charge on any atom is -0.323 e. The number of aromatic nitrogens is 4. The van der Waals surface area contributed by atoms with E-state index in [0.29, 0.717) is 36.5 Å². The van der Waals surface area contributed by atoms with Crippen molar-refractivity contribution in [2.24, 2.45) is 5.92 Å². The zero-order chi connectivity index (χ0) is 22.3. The molecule has 3 heterocycles. The first-order chi connectivity index (χ1) is 14.8. The van der Waals surface area contributed by atoms with E-state index in [-0.39, 0.29) is 18.4 Å². The van der Waals surface area contributed by atoms with Crippen LogP contribution in [0.3, 0.4) is 0 Å². The average molecular weight is 431 g/mol. The van der Waals surface area contributed by atoms with Crippen LogP contribution < -0.4 is 16.6 Å². The number of urea groups is 1. The van der Waals surface area contributed by atoms with Crippen molar-refractivity contribution >= 4 is 23.1 Å². The van der Waals surface area contributed by atoms with Gasteiger partial charge in [-0.05, 0) is 32.1 Å². The van der Waals surface area contributed by atoms with Gasteiger partial charge in [0, 0.05) is 13.1 Å². The van der Waals surface area contributed by atoms with E-state index in [0.717, 1.165) is 32.1 Å². The number of carbonyl (C=O) groups is 2. The SMILES string of the molecule is CCCCn1c(=O)[nH]c(=O)c2c1nc(CN1C(=O)NC3(CCCCC3C)C1=O)n2CC. The van der Waals surface area contributed by atoms with Crippen molar-refractivity contribution in [3.63, 3.8) is 0 Å². The minimum atomic E-state index is -0.848. The summed E-state index contributed by atoms with van der Waals surface area (Å²) in [5.41, 5.74) is -1.27. The average Bonchev–Trinajstić information content (AvgIpc) is 3.21. The van der Waals surface area contributed by atoms with E-state index < -0.39 is 22.8 Å². The van der Waals surface area contributed by atoms with Crippen LogP contribution in [-0.2, 0) is 24.4 Å². The quantitative estimate of drug-likeness (QED) is 0.676. The zero-order valence-corrected chi connectivity index (χ0v) is 18.4. The Morgan fingerprint density at radius 3 is 2.58 bits per heavy atom. The molecule has 10 heteroatoms. The summed E-state index contributed by atoms with van der Waals surface area (Å²) >= 11 is 0. The molecule has 2 aromatic rings. The standard InChI is InChI=1S/C21H30N6O4/c1-4-6-11-26-16-15(17(28)23-19(26)30)25(5-2)14(22-16)12-27-18(29)21(24-20(27)31)10-8-7-9-13(21)3/h13H,4-12H2,1-3H3,(H,24,31)(H,23,28,30). The van der Waals surface area contributed by atoms with Crippen LogP contribution in [-0.4, -0.2) is 41.5 Å². The van der Waals surface area contributed by atoms with Gasteiger partial charge in [-0.25, -0.2) is 14.6 Å². The first-order valence-electron chi connectivity index (χ1n) is 11.2. The topological polar surface area (TPSA) is 122 Å². The van der Waals surface area contributed by atoms with Crippen molar-refractivity contribution < 1.29 is 9.59 Å². The van der Waals surface area contributed by atoms with Crippen molar-refractivity contribution in [2.45, 2.75) is 84.5 Å². The number of aryl methyl sites for hydroxylation is 2. The summed E-state index contributed by atoms with van der Waals surface area (Å²) in [4.78, 5) is 59.2. The van der Waals surface area contributed by atoms with E-state index in [1.165, 1.54) is 9.47 Å². The molecule has 168 valence electrons. The highest BCUT2D eigenvalue weighted by Crippen LogP contribution is 2.38. The molecule has 1 aliphatic heterocycles. The van der Waals surface area contributed by atoms with Crippen LogP contribution in [0, 0.1) is 5.92 Å². The number of H-pyrrole nitrogens is 1. The number of hydrogen-bond acceptors (Lipinski definition) is 5. The number of nitrogens with one attached hydrogen (secondary N) is 2. The Balaban J connectivity index is 1.76. The molecule has 31 heavy (non-hydrogen) atoms. The second kappa shape index (κ2) is 7.97. The molecule has 0 aromatic carbocycles. The van der Waals surface area contributed by atoms with Crippen molar-refractivity contribution in [3.8, 4) is 0 Å². The van der Waals surface area contributed by atoms with Crippen LogP contribution in [0.25, 0.3) is 11.2 Å². The molecule has 2 unspecified atom stereocenters. The van der Waals surface area contributed by atoms with Crippen molar-refractivity contribution in [2.75, 3.05) is 0 Å². The van der Waals surface area contributed by atoms with Gasteiger partial charge in [-0.3, -0.25) is 24.0 Å². The monoisotopic (exact) mass is 430 g/mol. The van der Waals surface area contributed by atoms with Gasteiger partial charge in [0.2, 0.25) is 0 Å². The second-order valence-corrected chi connectivity index (χ2v) is 8.65. The molecule has 2 aliphatic rings. The first kappa shape index (κ1) is 21.3. The lowest BCUT2D eigenvalue weighted by molar-refractivity contribution is -0.134. The number of hydrogen-bond donors (Lipinski definition) is 2. The van der Waals surface area contributed by atoms with Crippen LogP contribution in [0.2, 0.25) is 0 Å². The number of imidazole rings is 1. The zero-order valence-electron chi connectivity index (χ0n) is 18.4. The van der Waals surface area contributed by atoms with Gasteiger partial charge in [-0.15, -0.1) is 0 Å². The van der Waals surface area contributed by atoms with Crippen LogP contribution >= 0.6 is 0 Å². The maximum Gasteiger partial charge on any atom is 0.330 e. The van der Waals surface area contributed by atoms with Gasteiger partial charge in [-0.2, -0.15) is 0 Å². The van der Waals surface area contributed by atoms with Crippen LogP contribution in [0.15, 0.2) is 9.59 Å². The van der Waals surface area contributed by atoms with E-state index >= 15 is 0 Å². The number of unbranched alkanes of at least 4 members (excludes halogenated alkanes) is 1. The van der Waals surface area contributed by atoms with Crippen molar-refractivity contribution in [3.05, 3.63) is 26.7 Å². The molecule has 1 spiro atoms. The number of nitrogens with zero attached hydrogens (tertiary/aromatic N) is 4. The smallest absolute Gasteiger partial charge is 0.323 e. The number of carbonyl (C=O) groups excluding carboxylic acids is 2. The Morgan fingerprint density at radius 1 is 1.13 bits per heavy atom. The molecular weight excluding hydrogens is 400 g/mol. The fraction of sp³-hybridized carbons (Fsp3) is 0.667. The molecule has 3 amide bonds. The summed E-state index contributed by atoms with van der Waals surface area (Å²) in [5.74, 6) is 0.259. The van der Waals surface area contributed by atoms with Gasteiger partial charge in [0.1, 0.15) is 11.4 Å². The number of aromatic amines is 1. The molecule has 2 aromatic heterocycles. The summed E-state index contributed by atoms with van der Waals surface area (Å²) < 4.78 is 3.15. The minimum absolute atomic E-state index is 0.0386. The predicted molar refractivity (Wildman–Crippen MR) is 115 cm³/mol. The van der Waals surface area contributed by atoms with E-state index in [1.807, 2.05) is 20.8 Å². The Hall–Kier alpha value is -2.91. The lowest BCUT2D eigenvalue weighted by Gasteiger charge is -2.36. The number of imide groups is 1. The molecule has 1 saturated carbocycles. The molecule has 10 nitrogen and oxygen atoms in total. The van der Waals surface area contributed by atoms with Gasteiger partial charge in [0.05, 0.1) is 6.54 Å². The Morgan fingerprint density at radius 2 is 1.90 bits per heavy atom. The third-order valence-corrected chi connectivity index (χ3v) is 6.82. The van der Waals surface area contributed by atoms with E-state index in [2.05, 4.69) is 15.3 Å². The molecule has 2 fully saturated rings. The maximum absolute atomic E-state index is 13.3. The van der Waals surface area contributed by atoms with E-state index in [4.69, 9.17) is 0 Å². The first-order valence-corrected chi connectivity index (χ1v) is 11.2. The largest absolute Gasteiger partial charge is 0.330 e. The molecule has 1 saturated heterocycles. The molecule has 0 radical (unpaired) electrons. The Labute approximate surface area is 179 Å². The number of rotatable bonds is 6. The van der Waals surface area contributed by atoms with Crippen molar-refractivity contribution in [1.82, 2.24) is 29.3 Å². The molecule has 2 atom stereocenters. The predicted octanol–water partition coefficient (Wildman–Crippen LogP) is 1.71. The number of fused-ring (bicyclic) bond motifs is 1. The molecule has 4 rings (SSSR count). The summed E-state index contributed by atoms with van der Waals surface area (Å²) in [6, 6.07) is -0.425. The molecule has 0 bridgehead atoms. The number of amides is 3. The van der Waals surface area contributed by atoms with Crippen LogP contribution in [0.5, 0.6) is 0 Å². The Bertz CT molecular complexity index is 1150. The highest BCUT2D eigenvalue weighted by Gasteiger charge is 2.55. The third kappa shape index (κ3) is 3.28. The van der Waals surface area contributed by atoms with Gasteiger partial charge in [0.25, 0.3) is 11.5 Å². The van der Waals surface area contributed by atoms with E-state index in [9.17, 15) is 19.2 Å². The van der Waals surface area contributed by atoms with Gasteiger partial charge < -0.3 is 9.88 Å². The van der Waals surface area contributed by atoms with Crippen molar-refractivity contribution in [1.29, 1.82) is 0 Å². The maximum atomic E-state index is 13.3. The van der Waals surface area contributed by atoms with Gasteiger partial charge in [-0.1, -0.05) is 33.1 Å². The lowest BCUT2D eigenvalue weighted by Crippen LogP contribution is -2.53. The fourth-order valence-corrected chi connectivity index (χ4v) is 4.98. The molecule has 1 aliphatic carbocycles. The second-order valence-electron chi connectivity index (χ2n) is 8.65. The summed E-state index contributed by atoms with van der Waals surface area (Å²) in [6.07, 6.45) is 5.13. The van der Waals surface area contributed by atoms with Crippen LogP contribution in [0.4, 0.5) is 4.79 Å². The third-order valence-electron chi connectivity index (χ3n) is 6.82. The summed E-state index contributed by atoms with van der Waals surface area (Å²) in [5, 5.41) is 2.95. The summed E-state index contributed by atoms with van der Waals surface area (Å²) in [7, 11) is 0. The van der Waals surface area contributed by atoms with Crippen LogP contribution in [0.1, 0.15) is 65.1 Å². The van der Waals surface area contributed by atoms with E-state index in [1.54, 1.807) is 4.57 Å². The highest BCUT2D eigenvalue weighted by atomic mass is 16.2. The molecule has 2 N–H and O–H groups in total. The Kier molecular flexibility index (Phi) is 5.49. The molecular formula is C21H30N6O4. The lowest BCUT2D eigenvalue weighted by atomic mass is 9.73. The summed E-state index contributed by atoms with van der Waals surface area (Å²) in [6.45, 7) is 6.71.